The molecule has 0 aliphatic carbocycles. The molecule has 0 bridgehead atoms. The first-order valence-corrected chi connectivity index (χ1v) is 7.84. The van der Waals surface area contributed by atoms with Gasteiger partial charge in [0.1, 0.15) is 11.4 Å². The molecule has 6 nitrogen and oxygen atoms in total. The van der Waals surface area contributed by atoms with Crippen LogP contribution in [0.25, 0.3) is 11.5 Å². The Morgan fingerprint density at radius 2 is 1.81 bits per heavy atom. The van der Waals surface area contributed by atoms with E-state index in [9.17, 15) is 13.6 Å². The summed E-state index contributed by atoms with van der Waals surface area (Å²) in [5.41, 5.74) is 4.81. The number of carbonyl (C=O) groups excluding carboxylic acids is 1. The number of ether oxygens (including phenoxy) is 1. The van der Waals surface area contributed by atoms with E-state index in [1.807, 2.05) is 32.0 Å². The number of benzene rings is 2. The van der Waals surface area contributed by atoms with Crippen molar-refractivity contribution in [2.75, 3.05) is 0 Å². The van der Waals surface area contributed by atoms with Gasteiger partial charge in [-0.05, 0) is 24.3 Å². The average Bonchev–Trinajstić information content (AvgIpc) is 3.12. The third-order valence-electron chi connectivity index (χ3n) is 3.14. The molecule has 0 unspecified atom stereocenters. The van der Waals surface area contributed by atoms with Gasteiger partial charge in [0.2, 0.25) is 5.89 Å². The monoisotopic (exact) mass is 361 g/mol. The SMILES string of the molecule is CC.NC(=O)c1c(F)ccc(OCc2nnc(-c3ccccc3)o2)c1F. The average molecular weight is 361 g/mol. The Hall–Kier alpha value is -3.29. The van der Waals surface area contributed by atoms with E-state index in [0.29, 0.717) is 0 Å². The molecule has 0 saturated carbocycles. The molecule has 1 amide bonds. The van der Waals surface area contributed by atoms with E-state index in [4.69, 9.17) is 14.9 Å². The molecular weight excluding hydrogens is 344 g/mol. The highest BCUT2D eigenvalue weighted by molar-refractivity contribution is 5.93. The number of amides is 1. The molecule has 0 radical (unpaired) electrons. The van der Waals surface area contributed by atoms with Gasteiger partial charge in [0.25, 0.3) is 11.8 Å². The number of primary amides is 1. The molecular formula is C18H17F2N3O3. The minimum atomic E-state index is -1.22. The summed E-state index contributed by atoms with van der Waals surface area (Å²) in [5.74, 6) is -3.42. The van der Waals surface area contributed by atoms with Crippen molar-refractivity contribution >= 4 is 5.91 Å². The number of halogens is 2. The number of hydrogen-bond acceptors (Lipinski definition) is 5. The van der Waals surface area contributed by atoms with Gasteiger partial charge in [-0.25, -0.2) is 8.78 Å². The minimum absolute atomic E-state index is 0.0956. The smallest absolute Gasteiger partial charge is 0.254 e. The molecule has 2 N–H and O–H groups in total. The second kappa shape index (κ2) is 8.70. The van der Waals surface area contributed by atoms with Gasteiger partial charge >= 0.3 is 0 Å². The van der Waals surface area contributed by atoms with Crippen molar-refractivity contribution in [2.24, 2.45) is 5.73 Å². The first kappa shape index (κ1) is 19.0. The van der Waals surface area contributed by atoms with Crippen LogP contribution in [0.4, 0.5) is 8.78 Å². The molecule has 3 aromatic rings. The number of hydrogen-bond donors (Lipinski definition) is 1. The number of rotatable bonds is 5. The number of nitrogens with zero attached hydrogens (tertiary/aromatic N) is 2. The number of carbonyl (C=O) groups is 1. The lowest BCUT2D eigenvalue weighted by Gasteiger charge is -2.07. The summed E-state index contributed by atoms with van der Waals surface area (Å²) in [4.78, 5) is 11.1. The number of aromatic nitrogens is 2. The Bertz CT molecular complexity index is 883. The van der Waals surface area contributed by atoms with Crippen LogP contribution >= 0.6 is 0 Å². The summed E-state index contributed by atoms with van der Waals surface area (Å²) >= 11 is 0. The molecule has 2 aromatic carbocycles. The van der Waals surface area contributed by atoms with E-state index in [-0.39, 0.29) is 24.1 Å². The zero-order valence-corrected chi connectivity index (χ0v) is 14.2. The van der Waals surface area contributed by atoms with Crippen LogP contribution in [0.15, 0.2) is 46.9 Å². The maximum Gasteiger partial charge on any atom is 0.254 e. The van der Waals surface area contributed by atoms with Crippen LogP contribution in [0.5, 0.6) is 5.75 Å². The second-order valence-corrected chi connectivity index (χ2v) is 4.75. The van der Waals surface area contributed by atoms with Gasteiger partial charge in [-0.2, -0.15) is 0 Å². The summed E-state index contributed by atoms with van der Waals surface area (Å²) in [7, 11) is 0. The highest BCUT2D eigenvalue weighted by Crippen LogP contribution is 2.24. The Kier molecular flexibility index (Phi) is 6.37. The van der Waals surface area contributed by atoms with Crippen LogP contribution in [0, 0.1) is 11.6 Å². The van der Waals surface area contributed by atoms with Crippen LogP contribution in [-0.2, 0) is 6.61 Å². The van der Waals surface area contributed by atoms with Crippen LogP contribution in [0.1, 0.15) is 30.1 Å². The maximum absolute atomic E-state index is 14.0. The van der Waals surface area contributed by atoms with Gasteiger partial charge < -0.3 is 14.9 Å². The lowest BCUT2D eigenvalue weighted by Crippen LogP contribution is -2.16. The van der Waals surface area contributed by atoms with E-state index < -0.39 is 23.1 Å². The third kappa shape index (κ3) is 4.21. The summed E-state index contributed by atoms with van der Waals surface area (Å²) in [5, 5.41) is 7.64. The minimum Gasteiger partial charge on any atom is -0.481 e. The molecule has 0 fully saturated rings. The molecule has 0 aliphatic rings. The van der Waals surface area contributed by atoms with Gasteiger partial charge in [0.05, 0.1) is 0 Å². The van der Waals surface area contributed by atoms with Crippen LogP contribution in [-0.4, -0.2) is 16.1 Å². The van der Waals surface area contributed by atoms with Crippen molar-refractivity contribution in [3.8, 4) is 17.2 Å². The lowest BCUT2D eigenvalue weighted by molar-refractivity contribution is 0.0991. The molecule has 0 aliphatic heterocycles. The van der Waals surface area contributed by atoms with Crippen molar-refractivity contribution in [3.63, 3.8) is 0 Å². The topological polar surface area (TPSA) is 91.2 Å². The van der Waals surface area contributed by atoms with Gasteiger partial charge in [0.15, 0.2) is 18.2 Å². The fraction of sp³-hybridized carbons (Fsp3) is 0.167. The number of nitrogens with two attached hydrogens (primary N) is 1. The third-order valence-corrected chi connectivity index (χ3v) is 3.14. The van der Waals surface area contributed by atoms with Gasteiger partial charge in [0, 0.05) is 5.56 Å². The Labute approximate surface area is 148 Å². The zero-order chi connectivity index (χ0) is 19.1. The quantitative estimate of drug-likeness (QED) is 0.748. The van der Waals surface area contributed by atoms with Gasteiger partial charge in [-0.15, -0.1) is 10.2 Å². The van der Waals surface area contributed by atoms with Gasteiger partial charge in [-0.1, -0.05) is 32.0 Å². The molecule has 26 heavy (non-hydrogen) atoms. The predicted octanol–water partition coefficient (Wildman–Crippen LogP) is 3.72. The van der Waals surface area contributed by atoms with Crippen molar-refractivity contribution in [3.05, 3.63) is 65.6 Å². The predicted molar refractivity (Wildman–Crippen MR) is 90.3 cm³/mol. The lowest BCUT2D eigenvalue weighted by atomic mass is 10.1. The largest absolute Gasteiger partial charge is 0.481 e. The molecule has 0 saturated heterocycles. The Morgan fingerprint density at radius 1 is 1.12 bits per heavy atom. The van der Waals surface area contributed by atoms with Crippen molar-refractivity contribution in [1.82, 2.24) is 10.2 Å². The highest BCUT2D eigenvalue weighted by Gasteiger charge is 2.20. The van der Waals surface area contributed by atoms with Crippen molar-refractivity contribution in [1.29, 1.82) is 0 Å². The normalized spacial score (nSPS) is 10.0. The molecule has 8 heteroatoms. The summed E-state index contributed by atoms with van der Waals surface area (Å²) < 4.78 is 38.0. The summed E-state index contributed by atoms with van der Waals surface area (Å²) in [6.45, 7) is 3.75. The standard InChI is InChI=1S/C16H11F2N3O3.C2H6/c17-10-6-7-11(14(18)13(10)15(19)22)23-8-12-20-21-16(24-12)9-4-2-1-3-5-9;1-2/h1-7H,8H2,(H2,19,22);1-2H3. The van der Waals surface area contributed by atoms with E-state index in [1.165, 1.54) is 0 Å². The fourth-order valence-electron chi connectivity index (χ4n) is 2.02. The second-order valence-electron chi connectivity index (χ2n) is 4.75. The molecule has 1 heterocycles. The van der Waals surface area contributed by atoms with E-state index in [2.05, 4.69) is 10.2 Å². The fourth-order valence-corrected chi connectivity index (χ4v) is 2.02. The van der Waals surface area contributed by atoms with Crippen molar-refractivity contribution < 1.29 is 22.7 Å². The van der Waals surface area contributed by atoms with Crippen LogP contribution in [0.2, 0.25) is 0 Å². The molecule has 0 spiro atoms. The first-order valence-electron chi connectivity index (χ1n) is 7.84. The zero-order valence-electron chi connectivity index (χ0n) is 14.2. The van der Waals surface area contributed by atoms with Gasteiger partial charge in [-0.3, -0.25) is 4.79 Å². The van der Waals surface area contributed by atoms with Crippen molar-refractivity contribution in [2.45, 2.75) is 20.5 Å². The van der Waals surface area contributed by atoms with Crippen LogP contribution < -0.4 is 10.5 Å². The summed E-state index contributed by atoms with van der Waals surface area (Å²) in [6, 6.07) is 11.0. The highest BCUT2D eigenvalue weighted by atomic mass is 19.1. The summed E-state index contributed by atoms with van der Waals surface area (Å²) in [6.07, 6.45) is 0. The first-order chi connectivity index (χ1) is 12.6. The Balaban J connectivity index is 0.00000117. The van der Waals surface area contributed by atoms with Crippen LogP contribution in [0.3, 0.4) is 0 Å². The van der Waals surface area contributed by atoms with E-state index in [1.54, 1.807) is 12.1 Å². The molecule has 0 atom stereocenters. The molecule has 136 valence electrons. The van der Waals surface area contributed by atoms with E-state index >= 15 is 0 Å². The Morgan fingerprint density at radius 3 is 2.46 bits per heavy atom. The maximum atomic E-state index is 14.0. The molecule has 3 rings (SSSR count). The van der Waals surface area contributed by atoms with E-state index in [0.717, 1.165) is 17.7 Å². The molecule has 1 aromatic heterocycles.